The van der Waals surface area contributed by atoms with Crippen LogP contribution in [0.1, 0.15) is 30.3 Å². The average Bonchev–Trinajstić information content (AvgIpc) is 3.08. The molecule has 0 saturated carbocycles. The zero-order valence-electron chi connectivity index (χ0n) is 15.6. The van der Waals surface area contributed by atoms with E-state index in [1.54, 1.807) is 25.1 Å². The zero-order valence-corrected chi connectivity index (χ0v) is 18.8. The lowest BCUT2D eigenvalue weighted by molar-refractivity contribution is 0.414. The first-order chi connectivity index (χ1) is 13.6. The van der Waals surface area contributed by atoms with Gasteiger partial charge in [0.2, 0.25) is 5.16 Å². The number of benzene rings is 2. The van der Waals surface area contributed by atoms with Crippen molar-refractivity contribution in [3.05, 3.63) is 68.9 Å². The van der Waals surface area contributed by atoms with Crippen molar-refractivity contribution >= 4 is 45.5 Å². The Labute approximate surface area is 182 Å². The predicted molar refractivity (Wildman–Crippen MR) is 119 cm³/mol. The molecule has 0 saturated heterocycles. The van der Waals surface area contributed by atoms with Crippen molar-refractivity contribution in [2.24, 2.45) is 5.10 Å². The van der Waals surface area contributed by atoms with Gasteiger partial charge >= 0.3 is 0 Å². The molecule has 2 aromatic carbocycles. The number of aromatic nitrogens is 3. The lowest BCUT2D eigenvalue weighted by Gasteiger charge is -2.06. The van der Waals surface area contributed by atoms with Gasteiger partial charge in [0, 0.05) is 27.2 Å². The number of ether oxygens (including phenoxy) is 1. The van der Waals surface area contributed by atoms with Crippen molar-refractivity contribution in [3.8, 4) is 5.75 Å². The lowest BCUT2D eigenvalue weighted by Crippen LogP contribution is -2.01. The van der Waals surface area contributed by atoms with Crippen molar-refractivity contribution in [1.29, 1.82) is 0 Å². The standard InChI is InChI=1S/C20H20BrClN4OS/c1-3-4-19-24-25-20(28-13-14-5-8-17(22)9-6-14)26(19)23-12-15-11-16(21)7-10-18(15)27-2/h5-12H,3-4,13H2,1-2H3/b23-12-. The number of hydrogen-bond acceptors (Lipinski definition) is 5. The smallest absolute Gasteiger partial charge is 0.212 e. The Bertz CT molecular complexity index is 959. The van der Waals surface area contributed by atoms with E-state index in [1.807, 2.05) is 47.1 Å². The third-order valence-corrected chi connectivity index (χ3v) is 5.67. The van der Waals surface area contributed by atoms with E-state index in [1.165, 1.54) is 5.56 Å². The van der Waals surface area contributed by atoms with Gasteiger partial charge in [0.25, 0.3) is 0 Å². The van der Waals surface area contributed by atoms with Gasteiger partial charge in [-0.1, -0.05) is 58.3 Å². The number of methoxy groups -OCH3 is 1. The summed E-state index contributed by atoms with van der Waals surface area (Å²) in [5, 5.41) is 14.8. The third-order valence-electron chi connectivity index (χ3n) is 3.94. The number of halogens is 2. The van der Waals surface area contributed by atoms with E-state index in [0.29, 0.717) is 0 Å². The normalized spacial score (nSPS) is 11.3. The molecule has 0 fully saturated rings. The second-order valence-electron chi connectivity index (χ2n) is 6.01. The molecule has 3 aromatic rings. The molecule has 8 heteroatoms. The van der Waals surface area contributed by atoms with Crippen LogP contribution in [0.2, 0.25) is 5.02 Å². The second-order valence-corrected chi connectivity index (χ2v) is 8.30. The molecule has 0 unspecified atom stereocenters. The van der Waals surface area contributed by atoms with Crippen molar-refractivity contribution in [2.45, 2.75) is 30.7 Å². The van der Waals surface area contributed by atoms with E-state index in [4.69, 9.17) is 16.3 Å². The minimum Gasteiger partial charge on any atom is -0.496 e. The molecule has 0 amide bonds. The Morgan fingerprint density at radius 2 is 2.00 bits per heavy atom. The van der Waals surface area contributed by atoms with Crippen molar-refractivity contribution in [2.75, 3.05) is 7.11 Å². The van der Waals surface area contributed by atoms with Gasteiger partial charge in [0.05, 0.1) is 13.3 Å². The Kier molecular flexibility index (Phi) is 7.53. The summed E-state index contributed by atoms with van der Waals surface area (Å²) in [6.07, 6.45) is 3.55. The van der Waals surface area contributed by atoms with Crippen LogP contribution in [0, 0.1) is 0 Å². The van der Waals surface area contributed by atoms with Gasteiger partial charge in [-0.2, -0.15) is 9.78 Å². The molecule has 5 nitrogen and oxygen atoms in total. The summed E-state index contributed by atoms with van der Waals surface area (Å²) in [4.78, 5) is 0. The van der Waals surface area contributed by atoms with Crippen LogP contribution >= 0.6 is 39.3 Å². The fourth-order valence-electron chi connectivity index (χ4n) is 2.54. The maximum atomic E-state index is 5.96. The number of thioether (sulfide) groups is 1. The molecule has 0 radical (unpaired) electrons. The Morgan fingerprint density at radius 1 is 1.21 bits per heavy atom. The molecule has 0 atom stereocenters. The first-order valence-corrected chi connectivity index (χ1v) is 11.0. The number of aryl methyl sites for hydroxylation is 1. The van der Waals surface area contributed by atoms with Crippen LogP contribution in [-0.4, -0.2) is 28.2 Å². The second kappa shape index (κ2) is 10.1. The van der Waals surface area contributed by atoms with Crippen LogP contribution in [0.3, 0.4) is 0 Å². The molecule has 3 rings (SSSR count). The van der Waals surface area contributed by atoms with E-state index in [0.717, 1.165) is 50.4 Å². The average molecular weight is 480 g/mol. The van der Waals surface area contributed by atoms with Gasteiger partial charge < -0.3 is 4.74 Å². The van der Waals surface area contributed by atoms with Crippen LogP contribution in [0.15, 0.2) is 57.2 Å². The molecule has 0 spiro atoms. The summed E-state index contributed by atoms with van der Waals surface area (Å²) in [7, 11) is 1.65. The minimum absolute atomic E-state index is 0.731. The summed E-state index contributed by atoms with van der Waals surface area (Å²) in [6, 6.07) is 13.6. The molecule has 0 N–H and O–H groups in total. The van der Waals surface area contributed by atoms with Crippen LogP contribution in [0.25, 0.3) is 0 Å². The van der Waals surface area contributed by atoms with Crippen molar-refractivity contribution in [1.82, 2.24) is 14.9 Å². The largest absolute Gasteiger partial charge is 0.496 e. The summed E-state index contributed by atoms with van der Waals surface area (Å²) < 4.78 is 8.20. The molecule has 0 aliphatic rings. The molecule has 1 heterocycles. The van der Waals surface area contributed by atoms with Gasteiger partial charge in [0.15, 0.2) is 5.82 Å². The highest BCUT2D eigenvalue weighted by molar-refractivity contribution is 9.10. The monoisotopic (exact) mass is 478 g/mol. The Balaban J connectivity index is 1.85. The summed E-state index contributed by atoms with van der Waals surface area (Å²) in [5.41, 5.74) is 2.04. The fourth-order valence-corrected chi connectivity index (χ4v) is 3.90. The van der Waals surface area contributed by atoms with E-state index < -0.39 is 0 Å². The highest BCUT2D eigenvalue weighted by Gasteiger charge is 2.12. The topological polar surface area (TPSA) is 52.3 Å². The predicted octanol–water partition coefficient (Wildman–Crippen LogP) is 5.83. The maximum Gasteiger partial charge on any atom is 0.212 e. The maximum absolute atomic E-state index is 5.96. The number of hydrogen-bond donors (Lipinski definition) is 0. The van der Waals surface area contributed by atoms with Crippen LogP contribution in [0.5, 0.6) is 5.75 Å². The number of nitrogens with zero attached hydrogens (tertiary/aromatic N) is 4. The van der Waals surface area contributed by atoms with E-state index >= 15 is 0 Å². The summed E-state index contributed by atoms with van der Waals surface area (Å²) in [5.74, 6) is 2.36. The molecule has 28 heavy (non-hydrogen) atoms. The van der Waals surface area contributed by atoms with Gasteiger partial charge in [-0.3, -0.25) is 0 Å². The first kappa shape index (κ1) is 20.9. The van der Waals surface area contributed by atoms with Gasteiger partial charge in [-0.15, -0.1) is 10.2 Å². The van der Waals surface area contributed by atoms with Crippen molar-refractivity contribution < 1.29 is 4.74 Å². The van der Waals surface area contributed by atoms with E-state index in [2.05, 4.69) is 38.2 Å². The third kappa shape index (κ3) is 5.37. The van der Waals surface area contributed by atoms with Gasteiger partial charge in [-0.25, -0.2) is 0 Å². The fraction of sp³-hybridized carbons (Fsp3) is 0.250. The lowest BCUT2D eigenvalue weighted by atomic mass is 10.2. The quantitative estimate of drug-likeness (QED) is 0.301. The van der Waals surface area contributed by atoms with Crippen LogP contribution in [-0.2, 0) is 12.2 Å². The highest BCUT2D eigenvalue weighted by Crippen LogP contribution is 2.25. The summed E-state index contributed by atoms with van der Waals surface area (Å²) >= 11 is 11.0. The molecule has 1 aromatic heterocycles. The molecule has 146 valence electrons. The van der Waals surface area contributed by atoms with Crippen LogP contribution < -0.4 is 4.74 Å². The first-order valence-electron chi connectivity index (χ1n) is 8.80. The van der Waals surface area contributed by atoms with Crippen molar-refractivity contribution in [3.63, 3.8) is 0 Å². The zero-order chi connectivity index (χ0) is 19.9. The molecular weight excluding hydrogens is 460 g/mol. The Morgan fingerprint density at radius 3 is 2.71 bits per heavy atom. The summed E-state index contributed by atoms with van der Waals surface area (Å²) in [6.45, 7) is 2.11. The molecule has 0 aliphatic carbocycles. The van der Waals surface area contributed by atoms with E-state index in [9.17, 15) is 0 Å². The van der Waals surface area contributed by atoms with Gasteiger partial charge in [-0.05, 0) is 42.3 Å². The molecular formula is C20H20BrClN4OS. The van der Waals surface area contributed by atoms with Crippen LogP contribution in [0.4, 0.5) is 0 Å². The highest BCUT2D eigenvalue weighted by atomic mass is 79.9. The Hall–Kier alpha value is -1.83. The molecule has 0 bridgehead atoms. The SMILES string of the molecule is CCCc1nnc(SCc2ccc(Cl)cc2)n1/N=C\c1cc(Br)ccc1OC. The van der Waals surface area contributed by atoms with Gasteiger partial charge in [0.1, 0.15) is 5.75 Å². The minimum atomic E-state index is 0.731. The van der Waals surface area contributed by atoms with E-state index in [-0.39, 0.29) is 0 Å². The number of rotatable bonds is 8. The molecule has 0 aliphatic heterocycles.